The van der Waals surface area contributed by atoms with Gasteiger partial charge in [0.05, 0.1) is 0 Å². The molecular formula is C20H32N2O2. The summed E-state index contributed by atoms with van der Waals surface area (Å²) in [4.78, 5) is 26.0. The zero-order valence-electron chi connectivity index (χ0n) is 16.0. The van der Waals surface area contributed by atoms with E-state index < -0.39 is 0 Å². The van der Waals surface area contributed by atoms with Crippen LogP contribution in [-0.2, 0) is 9.59 Å². The highest BCUT2D eigenvalue weighted by Crippen LogP contribution is 2.26. The van der Waals surface area contributed by atoms with Crippen LogP contribution in [0.4, 0.5) is 5.69 Å². The van der Waals surface area contributed by atoms with E-state index >= 15 is 0 Å². The van der Waals surface area contributed by atoms with Crippen molar-refractivity contribution < 1.29 is 9.59 Å². The maximum absolute atomic E-state index is 12.2. The average Bonchev–Trinajstić information content (AvgIpc) is 2.44. The van der Waals surface area contributed by atoms with E-state index in [4.69, 9.17) is 0 Å². The van der Waals surface area contributed by atoms with Gasteiger partial charge in [-0.1, -0.05) is 39.0 Å². The number of amides is 2. The van der Waals surface area contributed by atoms with Crippen molar-refractivity contribution in [3.8, 4) is 0 Å². The van der Waals surface area contributed by atoms with Crippen LogP contribution in [0.2, 0.25) is 0 Å². The summed E-state index contributed by atoms with van der Waals surface area (Å²) in [5, 5.41) is 3.08. The van der Waals surface area contributed by atoms with Crippen LogP contribution in [0.3, 0.4) is 0 Å². The topological polar surface area (TPSA) is 49.4 Å². The van der Waals surface area contributed by atoms with Crippen LogP contribution in [0, 0.1) is 5.41 Å². The van der Waals surface area contributed by atoms with Gasteiger partial charge in [0.1, 0.15) is 0 Å². The summed E-state index contributed by atoms with van der Waals surface area (Å²) >= 11 is 0. The fourth-order valence-corrected chi connectivity index (χ4v) is 3.17. The third kappa shape index (κ3) is 7.62. The predicted molar refractivity (Wildman–Crippen MR) is 100.0 cm³/mol. The van der Waals surface area contributed by atoms with Crippen molar-refractivity contribution in [2.24, 2.45) is 5.41 Å². The van der Waals surface area contributed by atoms with Gasteiger partial charge in [-0.2, -0.15) is 0 Å². The fourth-order valence-electron chi connectivity index (χ4n) is 3.17. The molecule has 0 aliphatic carbocycles. The molecule has 0 bridgehead atoms. The molecule has 0 aromatic heterocycles. The molecule has 4 nitrogen and oxygen atoms in total. The Morgan fingerprint density at radius 3 is 2.12 bits per heavy atom. The van der Waals surface area contributed by atoms with E-state index in [9.17, 15) is 9.59 Å². The van der Waals surface area contributed by atoms with Crippen molar-refractivity contribution in [1.29, 1.82) is 0 Å². The maximum Gasteiger partial charge on any atom is 0.226 e. The molecule has 0 heterocycles. The lowest BCUT2D eigenvalue weighted by Crippen LogP contribution is -2.45. The minimum Gasteiger partial charge on any atom is -0.351 e. The van der Waals surface area contributed by atoms with Gasteiger partial charge >= 0.3 is 0 Å². The van der Waals surface area contributed by atoms with Gasteiger partial charge < -0.3 is 10.2 Å². The molecule has 1 N–H and O–H groups in total. The first-order valence-electron chi connectivity index (χ1n) is 8.63. The molecule has 0 spiro atoms. The molecule has 4 heteroatoms. The summed E-state index contributed by atoms with van der Waals surface area (Å²) in [5.74, 6) is 0.0439. The molecule has 0 aliphatic rings. The van der Waals surface area contributed by atoms with Crippen LogP contribution < -0.4 is 10.2 Å². The molecular weight excluding hydrogens is 300 g/mol. The number of nitrogens with one attached hydrogen (secondary N) is 1. The quantitative estimate of drug-likeness (QED) is 0.815. The number of carbonyl (C=O) groups is 2. The second kappa shape index (κ2) is 8.32. The van der Waals surface area contributed by atoms with E-state index in [0.29, 0.717) is 19.3 Å². The Kier molecular flexibility index (Phi) is 7.00. The van der Waals surface area contributed by atoms with E-state index in [-0.39, 0.29) is 22.8 Å². The van der Waals surface area contributed by atoms with Crippen molar-refractivity contribution in [2.45, 2.75) is 65.8 Å². The number of carbonyl (C=O) groups excluding carboxylic acids is 2. The highest BCUT2D eigenvalue weighted by molar-refractivity contribution is 5.93. The van der Waals surface area contributed by atoms with Gasteiger partial charge in [-0.15, -0.1) is 0 Å². The smallest absolute Gasteiger partial charge is 0.226 e. The first kappa shape index (κ1) is 20.2. The monoisotopic (exact) mass is 332 g/mol. The molecule has 1 aromatic carbocycles. The second-order valence-corrected chi connectivity index (χ2v) is 8.31. The highest BCUT2D eigenvalue weighted by Gasteiger charge is 2.26. The minimum atomic E-state index is -0.236. The molecule has 0 saturated heterocycles. The Morgan fingerprint density at radius 2 is 1.58 bits per heavy atom. The lowest BCUT2D eigenvalue weighted by atomic mass is 9.82. The van der Waals surface area contributed by atoms with E-state index in [1.165, 1.54) is 0 Å². The number of nitrogens with zero attached hydrogens (tertiary/aromatic N) is 1. The lowest BCUT2D eigenvalue weighted by molar-refractivity contribution is -0.123. The summed E-state index contributed by atoms with van der Waals surface area (Å²) in [7, 11) is 1.77. The summed E-state index contributed by atoms with van der Waals surface area (Å²) in [6.45, 7) is 10.6. The third-order valence-electron chi connectivity index (χ3n) is 3.76. The largest absolute Gasteiger partial charge is 0.351 e. The van der Waals surface area contributed by atoms with Gasteiger partial charge in [0.2, 0.25) is 11.8 Å². The summed E-state index contributed by atoms with van der Waals surface area (Å²) in [6.07, 6.45) is 2.22. The minimum absolute atomic E-state index is 0.0133. The van der Waals surface area contributed by atoms with E-state index in [1.807, 2.05) is 44.2 Å². The number of hydrogen-bond acceptors (Lipinski definition) is 2. The SMILES string of the molecule is CN(C(=O)CCCC(=O)NC(C)(C)CC(C)(C)C)c1ccccc1. The van der Waals surface area contributed by atoms with Crippen molar-refractivity contribution >= 4 is 17.5 Å². The lowest BCUT2D eigenvalue weighted by Gasteiger charge is -2.33. The molecule has 2 amide bonds. The average molecular weight is 332 g/mol. The second-order valence-electron chi connectivity index (χ2n) is 8.31. The van der Waals surface area contributed by atoms with Crippen molar-refractivity contribution in [2.75, 3.05) is 11.9 Å². The van der Waals surface area contributed by atoms with Gasteiger partial charge in [0.25, 0.3) is 0 Å². The zero-order chi connectivity index (χ0) is 18.4. The Balaban J connectivity index is 2.39. The van der Waals surface area contributed by atoms with Crippen molar-refractivity contribution in [3.63, 3.8) is 0 Å². The molecule has 1 aromatic rings. The molecule has 0 radical (unpaired) electrons. The van der Waals surface area contributed by atoms with Crippen LogP contribution in [0.25, 0.3) is 0 Å². The molecule has 24 heavy (non-hydrogen) atoms. The van der Waals surface area contributed by atoms with Gasteiger partial charge in [-0.05, 0) is 44.2 Å². The molecule has 0 unspecified atom stereocenters. The normalized spacial score (nSPS) is 11.9. The Labute approximate surface area is 146 Å². The van der Waals surface area contributed by atoms with Gasteiger partial charge in [0.15, 0.2) is 0 Å². The number of benzene rings is 1. The van der Waals surface area contributed by atoms with Gasteiger partial charge in [-0.3, -0.25) is 9.59 Å². The number of anilines is 1. The predicted octanol–water partition coefficient (Wildman–Crippen LogP) is 4.15. The number of hydrogen-bond donors (Lipinski definition) is 1. The molecule has 0 atom stereocenters. The summed E-state index contributed by atoms with van der Waals surface area (Å²) in [6, 6.07) is 9.54. The number of rotatable bonds is 7. The van der Waals surface area contributed by atoms with Crippen LogP contribution in [0.5, 0.6) is 0 Å². The standard InChI is InChI=1S/C20H32N2O2/c1-19(2,3)15-20(4,5)21-17(23)13-10-14-18(24)22(6)16-11-8-7-9-12-16/h7-9,11-12H,10,13-15H2,1-6H3,(H,21,23). The molecule has 0 fully saturated rings. The van der Waals surface area contributed by atoms with E-state index in [1.54, 1.807) is 11.9 Å². The maximum atomic E-state index is 12.2. The first-order valence-corrected chi connectivity index (χ1v) is 8.63. The van der Waals surface area contributed by atoms with Crippen LogP contribution >= 0.6 is 0 Å². The van der Waals surface area contributed by atoms with Crippen LogP contribution in [0.15, 0.2) is 30.3 Å². The molecule has 0 saturated carbocycles. The van der Waals surface area contributed by atoms with E-state index in [2.05, 4.69) is 26.1 Å². The Hall–Kier alpha value is -1.84. The van der Waals surface area contributed by atoms with Gasteiger partial charge in [0, 0.05) is 31.1 Å². The molecule has 1 rings (SSSR count). The first-order chi connectivity index (χ1) is 11.0. The summed E-state index contributed by atoms with van der Waals surface area (Å²) in [5.41, 5.74) is 0.795. The summed E-state index contributed by atoms with van der Waals surface area (Å²) < 4.78 is 0. The molecule has 134 valence electrons. The zero-order valence-corrected chi connectivity index (χ0v) is 16.0. The molecule has 0 aliphatic heterocycles. The van der Waals surface area contributed by atoms with E-state index in [0.717, 1.165) is 12.1 Å². The Bertz CT molecular complexity index is 545. The number of para-hydroxylation sites is 1. The fraction of sp³-hybridized carbons (Fsp3) is 0.600. The van der Waals surface area contributed by atoms with Gasteiger partial charge in [-0.25, -0.2) is 0 Å². The van der Waals surface area contributed by atoms with Crippen LogP contribution in [-0.4, -0.2) is 24.4 Å². The highest BCUT2D eigenvalue weighted by atomic mass is 16.2. The van der Waals surface area contributed by atoms with Crippen LogP contribution in [0.1, 0.15) is 60.3 Å². The van der Waals surface area contributed by atoms with Crippen molar-refractivity contribution in [3.05, 3.63) is 30.3 Å². The van der Waals surface area contributed by atoms with Crippen molar-refractivity contribution in [1.82, 2.24) is 5.32 Å². The third-order valence-corrected chi connectivity index (χ3v) is 3.76. The Morgan fingerprint density at radius 1 is 1.00 bits per heavy atom.